The zero-order chi connectivity index (χ0) is 24.3. The number of hydrogen-bond donors (Lipinski definition) is 0. The normalized spacial score (nSPS) is 16.0. The van der Waals surface area contributed by atoms with Gasteiger partial charge >= 0.3 is 6.18 Å². The lowest BCUT2D eigenvalue weighted by molar-refractivity contribution is -0.137. The second-order valence-electron chi connectivity index (χ2n) is 8.38. The molecule has 1 saturated heterocycles. The topological polar surface area (TPSA) is 66.4 Å². The van der Waals surface area contributed by atoms with Crippen molar-refractivity contribution in [1.82, 2.24) is 14.9 Å². The van der Waals surface area contributed by atoms with Crippen LogP contribution in [0.1, 0.15) is 29.7 Å². The Hall–Kier alpha value is -2.50. The van der Waals surface area contributed by atoms with Gasteiger partial charge in [0.25, 0.3) is 0 Å². The number of hydrogen-bond acceptors (Lipinski definition) is 7. The quantitative estimate of drug-likeness (QED) is 0.462. The van der Waals surface area contributed by atoms with Gasteiger partial charge in [0.15, 0.2) is 5.03 Å². The molecule has 3 heterocycles. The first-order valence-corrected chi connectivity index (χ1v) is 13.4. The zero-order valence-corrected chi connectivity index (χ0v) is 20.2. The van der Waals surface area contributed by atoms with Gasteiger partial charge in [-0.3, -0.25) is 4.90 Å². The number of rotatable bonds is 7. The predicted molar refractivity (Wildman–Crippen MR) is 125 cm³/mol. The fraction of sp³-hybridized carbons (Fsp3) is 0.391. The van der Waals surface area contributed by atoms with Crippen molar-refractivity contribution in [3.8, 4) is 0 Å². The minimum atomic E-state index is -4.72. The Morgan fingerprint density at radius 2 is 1.85 bits per heavy atom. The Bertz CT molecular complexity index is 1190. The first kappa shape index (κ1) is 24.6. The molecule has 0 radical (unpaired) electrons. The number of likely N-dealkylation sites (tertiary alicyclic amines) is 1. The maximum Gasteiger partial charge on any atom is 0.418 e. The molecule has 4 rings (SSSR count). The molecular formula is C23H25F3N4O2S2. The molecule has 0 bridgehead atoms. The highest BCUT2D eigenvalue weighted by Crippen LogP contribution is 2.38. The van der Waals surface area contributed by atoms with Gasteiger partial charge in [0.2, 0.25) is 9.84 Å². The third-order valence-corrected chi connectivity index (χ3v) is 8.21. The summed E-state index contributed by atoms with van der Waals surface area (Å²) >= 11 is 1.22. The van der Waals surface area contributed by atoms with Crippen molar-refractivity contribution in [2.24, 2.45) is 0 Å². The summed E-state index contributed by atoms with van der Waals surface area (Å²) in [4.78, 5) is 11.7. The number of aromatic nitrogens is 2. The van der Waals surface area contributed by atoms with Gasteiger partial charge < -0.3 is 4.90 Å². The van der Waals surface area contributed by atoms with Gasteiger partial charge in [-0.25, -0.2) is 18.4 Å². The van der Waals surface area contributed by atoms with E-state index in [9.17, 15) is 21.6 Å². The van der Waals surface area contributed by atoms with Crippen molar-refractivity contribution in [2.75, 3.05) is 25.0 Å². The Morgan fingerprint density at radius 1 is 1.15 bits per heavy atom. The fourth-order valence-corrected chi connectivity index (χ4v) is 6.06. The van der Waals surface area contributed by atoms with Crippen molar-refractivity contribution >= 4 is 26.9 Å². The molecule has 2 aromatic heterocycles. The van der Waals surface area contributed by atoms with Crippen LogP contribution in [0.3, 0.4) is 0 Å². The smallest absolute Gasteiger partial charge is 0.370 e. The minimum Gasteiger partial charge on any atom is -0.370 e. The van der Waals surface area contributed by atoms with E-state index in [1.165, 1.54) is 22.4 Å². The summed E-state index contributed by atoms with van der Waals surface area (Å²) in [6.45, 7) is 2.33. The van der Waals surface area contributed by atoms with Crippen molar-refractivity contribution in [1.29, 1.82) is 0 Å². The van der Waals surface area contributed by atoms with Gasteiger partial charge in [-0.1, -0.05) is 30.3 Å². The molecule has 0 saturated carbocycles. The Labute approximate surface area is 201 Å². The van der Waals surface area contributed by atoms with E-state index in [2.05, 4.69) is 27.0 Å². The van der Waals surface area contributed by atoms with Gasteiger partial charge in [-0.2, -0.15) is 13.2 Å². The monoisotopic (exact) mass is 510 g/mol. The summed E-state index contributed by atoms with van der Waals surface area (Å²) in [5, 5.41) is 0.955. The number of halogens is 3. The van der Waals surface area contributed by atoms with Crippen LogP contribution in [0.15, 0.2) is 58.5 Å². The third kappa shape index (κ3) is 5.76. The predicted octanol–water partition coefficient (Wildman–Crippen LogP) is 4.63. The van der Waals surface area contributed by atoms with Gasteiger partial charge in [-0.15, -0.1) is 11.3 Å². The number of sulfone groups is 1. The molecule has 0 unspecified atom stereocenters. The number of alkyl halides is 3. The molecule has 1 fully saturated rings. The second-order valence-corrected chi connectivity index (χ2v) is 11.0. The van der Waals surface area contributed by atoms with E-state index in [-0.39, 0.29) is 17.4 Å². The van der Waals surface area contributed by atoms with Crippen LogP contribution in [0.25, 0.3) is 0 Å². The van der Waals surface area contributed by atoms with E-state index in [4.69, 9.17) is 0 Å². The first-order valence-electron chi connectivity index (χ1n) is 10.8. The lowest BCUT2D eigenvalue weighted by Gasteiger charge is -2.38. The molecule has 1 aromatic carbocycles. The summed E-state index contributed by atoms with van der Waals surface area (Å²) in [6.07, 6.45) is -2.28. The van der Waals surface area contributed by atoms with E-state index in [0.29, 0.717) is 18.9 Å². The molecule has 0 N–H and O–H groups in total. The number of pyridine rings is 1. The Kier molecular flexibility index (Phi) is 7.25. The molecular weight excluding hydrogens is 485 g/mol. The molecule has 6 nitrogen and oxygen atoms in total. The molecule has 34 heavy (non-hydrogen) atoms. The highest BCUT2D eigenvalue weighted by atomic mass is 32.2. The third-order valence-electron chi connectivity index (χ3n) is 6.04. The van der Waals surface area contributed by atoms with Gasteiger partial charge in [0, 0.05) is 38.1 Å². The summed E-state index contributed by atoms with van der Waals surface area (Å²) in [5.41, 5.74) is 1.86. The molecule has 1 aliphatic rings. The number of benzene rings is 1. The van der Waals surface area contributed by atoms with Crippen LogP contribution in [0.2, 0.25) is 0 Å². The molecule has 182 valence electrons. The number of nitrogens with zero attached hydrogens (tertiary/aromatic N) is 4. The van der Waals surface area contributed by atoms with Crippen LogP contribution in [0, 0.1) is 0 Å². The average molecular weight is 511 g/mol. The van der Waals surface area contributed by atoms with Crippen LogP contribution in [-0.4, -0.2) is 49.5 Å². The highest BCUT2D eigenvalue weighted by molar-refractivity contribution is 7.90. The van der Waals surface area contributed by atoms with E-state index >= 15 is 0 Å². The van der Waals surface area contributed by atoms with Crippen LogP contribution in [0.5, 0.6) is 0 Å². The summed E-state index contributed by atoms with van der Waals surface area (Å²) < 4.78 is 67.2. The second kappa shape index (κ2) is 10.0. The molecule has 1 aliphatic heterocycles. The Balaban J connectivity index is 1.50. The van der Waals surface area contributed by atoms with Crippen LogP contribution in [-0.2, 0) is 28.3 Å². The molecule has 11 heteroatoms. The lowest BCUT2D eigenvalue weighted by atomic mass is 10.0. The SMILES string of the molecule is CN(c1cnc(S(=O)(=O)Cc2cscn2)cc1C(F)(F)F)C1CCN(Cc2ccccc2)CC1. The van der Waals surface area contributed by atoms with Crippen molar-refractivity contribution in [3.05, 3.63) is 70.3 Å². The van der Waals surface area contributed by atoms with E-state index < -0.39 is 32.4 Å². The molecule has 0 atom stereocenters. The van der Waals surface area contributed by atoms with Gasteiger partial charge in [0.1, 0.15) is 0 Å². The summed E-state index contributed by atoms with van der Waals surface area (Å²) in [6, 6.07) is 10.6. The molecule has 3 aromatic rings. The minimum absolute atomic E-state index is 0.104. The zero-order valence-electron chi connectivity index (χ0n) is 18.6. The average Bonchev–Trinajstić information content (AvgIpc) is 3.31. The van der Waals surface area contributed by atoms with Gasteiger partial charge in [0.05, 0.1) is 34.4 Å². The van der Waals surface area contributed by atoms with E-state index in [1.54, 1.807) is 17.3 Å². The first-order chi connectivity index (χ1) is 16.1. The van der Waals surface area contributed by atoms with Crippen molar-refractivity contribution in [2.45, 2.75) is 42.4 Å². The summed E-state index contributed by atoms with van der Waals surface area (Å²) in [7, 11) is -2.44. The number of anilines is 1. The largest absolute Gasteiger partial charge is 0.418 e. The Morgan fingerprint density at radius 3 is 2.47 bits per heavy atom. The molecule has 0 amide bonds. The summed E-state index contributed by atoms with van der Waals surface area (Å²) in [5.74, 6) is -0.490. The maximum atomic E-state index is 14.0. The highest BCUT2D eigenvalue weighted by Gasteiger charge is 2.38. The molecule has 0 spiro atoms. The van der Waals surface area contributed by atoms with E-state index in [0.717, 1.165) is 25.8 Å². The van der Waals surface area contributed by atoms with Crippen LogP contribution in [0.4, 0.5) is 18.9 Å². The number of piperidine rings is 1. The van der Waals surface area contributed by atoms with Crippen LogP contribution >= 0.6 is 11.3 Å². The van der Waals surface area contributed by atoms with Gasteiger partial charge in [-0.05, 0) is 24.5 Å². The van der Waals surface area contributed by atoms with E-state index in [1.807, 2.05) is 18.2 Å². The standard InChI is InChI=1S/C23H25F3N4O2S2/c1-29(19-7-9-30(10-8-19)13-17-5-3-2-4-6-17)21-12-27-22(11-20(21)23(24,25)26)34(31,32)15-18-14-33-16-28-18/h2-6,11-12,14,16,19H,7-10,13,15H2,1H3. The number of thiazole rings is 1. The van der Waals surface area contributed by atoms with Crippen molar-refractivity contribution in [3.63, 3.8) is 0 Å². The van der Waals surface area contributed by atoms with Crippen molar-refractivity contribution < 1.29 is 21.6 Å². The van der Waals surface area contributed by atoms with Crippen LogP contribution < -0.4 is 4.90 Å². The lowest BCUT2D eigenvalue weighted by Crippen LogP contribution is -2.43. The molecule has 0 aliphatic carbocycles. The fourth-order valence-electron chi connectivity index (χ4n) is 4.19. The maximum absolute atomic E-state index is 14.0.